The van der Waals surface area contributed by atoms with Crippen molar-refractivity contribution in [2.45, 2.75) is 25.8 Å². The van der Waals surface area contributed by atoms with E-state index in [-0.39, 0.29) is 0 Å². The SMILES string of the molecule is CCCNC(Cc1cnccc1N)c1cccs1. The Morgan fingerprint density at radius 2 is 2.33 bits per heavy atom. The number of anilines is 1. The van der Waals surface area contributed by atoms with Gasteiger partial charge in [0.15, 0.2) is 0 Å². The minimum atomic E-state index is 0.330. The van der Waals surface area contributed by atoms with Gasteiger partial charge in [0.05, 0.1) is 0 Å². The van der Waals surface area contributed by atoms with Crippen molar-refractivity contribution in [3.05, 3.63) is 46.4 Å². The number of nitrogen functional groups attached to an aromatic ring is 1. The van der Waals surface area contributed by atoms with Crippen LogP contribution in [0.3, 0.4) is 0 Å². The molecule has 2 aromatic rings. The topological polar surface area (TPSA) is 50.9 Å². The number of pyridine rings is 1. The molecule has 0 fully saturated rings. The van der Waals surface area contributed by atoms with Crippen LogP contribution in [-0.4, -0.2) is 11.5 Å². The van der Waals surface area contributed by atoms with Gasteiger partial charge in [-0.05, 0) is 42.5 Å². The highest BCUT2D eigenvalue weighted by Crippen LogP contribution is 2.24. The first kappa shape index (κ1) is 13.1. The molecule has 3 nitrogen and oxygen atoms in total. The van der Waals surface area contributed by atoms with E-state index in [9.17, 15) is 0 Å². The standard InChI is InChI=1S/C14H19N3S/c1-2-6-17-13(14-4-3-8-18-14)9-11-10-16-7-5-12(11)15/h3-5,7-8,10,13,17H,2,6,9H2,1H3,(H2,15,16). The van der Waals surface area contributed by atoms with Crippen LogP contribution in [0.1, 0.15) is 29.8 Å². The van der Waals surface area contributed by atoms with Crippen molar-refractivity contribution in [1.29, 1.82) is 0 Å². The van der Waals surface area contributed by atoms with Crippen LogP contribution in [-0.2, 0) is 6.42 Å². The van der Waals surface area contributed by atoms with Gasteiger partial charge in [0.1, 0.15) is 0 Å². The van der Waals surface area contributed by atoms with Crippen LogP contribution in [0.5, 0.6) is 0 Å². The van der Waals surface area contributed by atoms with Gasteiger partial charge in [-0.1, -0.05) is 13.0 Å². The second-order valence-corrected chi connectivity index (χ2v) is 5.28. The van der Waals surface area contributed by atoms with Crippen molar-refractivity contribution in [3.63, 3.8) is 0 Å². The summed E-state index contributed by atoms with van der Waals surface area (Å²) in [4.78, 5) is 5.51. The summed E-state index contributed by atoms with van der Waals surface area (Å²) >= 11 is 1.78. The number of nitrogens with two attached hydrogens (primary N) is 1. The first-order chi connectivity index (χ1) is 8.81. The highest BCUT2D eigenvalue weighted by molar-refractivity contribution is 7.10. The monoisotopic (exact) mass is 261 g/mol. The fourth-order valence-electron chi connectivity index (χ4n) is 1.91. The van der Waals surface area contributed by atoms with Crippen LogP contribution in [0.2, 0.25) is 0 Å². The molecule has 0 aliphatic heterocycles. The van der Waals surface area contributed by atoms with Gasteiger partial charge >= 0.3 is 0 Å². The van der Waals surface area contributed by atoms with Crippen LogP contribution in [0.4, 0.5) is 5.69 Å². The van der Waals surface area contributed by atoms with Crippen LogP contribution in [0, 0.1) is 0 Å². The fraction of sp³-hybridized carbons (Fsp3) is 0.357. The van der Waals surface area contributed by atoms with Crippen LogP contribution < -0.4 is 11.1 Å². The molecule has 0 radical (unpaired) electrons. The molecule has 2 rings (SSSR count). The summed E-state index contributed by atoms with van der Waals surface area (Å²) in [5.41, 5.74) is 7.92. The zero-order valence-electron chi connectivity index (χ0n) is 10.6. The summed E-state index contributed by atoms with van der Waals surface area (Å²) in [6.45, 7) is 3.19. The van der Waals surface area contributed by atoms with Gasteiger partial charge in [-0.15, -0.1) is 11.3 Å². The van der Waals surface area contributed by atoms with E-state index in [1.54, 1.807) is 17.5 Å². The predicted octanol–water partition coefficient (Wildman–Crippen LogP) is 3.01. The van der Waals surface area contributed by atoms with Gasteiger partial charge in [0.2, 0.25) is 0 Å². The maximum atomic E-state index is 5.99. The van der Waals surface area contributed by atoms with E-state index < -0.39 is 0 Å². The van der Waals surface area contributed by atoms with E-state index in [4.69, 9.17) is 5.73 Å². The molecular weight excluding hydrogens is 242 g/mol. The Morgan fingerprint density at radius 3 is 3.00 bits per heavy atom. The van der Waals surface area contributed by atoms with E-state index in [1.165, 1.54) is 4.88 Å². The molecule has 0 amide bonds. The third-order valence-electron chi connectivity index (χ3n) is 2.89. The van der Waals surface area contributed by atoms with Crippen molar-refractivity contribution in [1.82, 2.24) is 10.3 Å². The molecule has 0 bridgehead atoms. The Kier molecular flexibility index (Phi) is 4.73. The van der Waals surface area contributed by atoms with Crippen molar-refractivity contribution < 1.29 is 0 Å². The lowest BCUT2D eigenvalue weighted by molar-refractivity contribution is 0.536. The summed E-state index contributed by atoms with van der Waals surface area (Å²) in [5.74, 6) is 0. The van der Waals surface area contributed by atoms with Gasteiger partial charge in [-0.25, -0.2) is 0 Å². The minimum Gasteiger partial charge on any atom is -0.398 e. The Labute approximate surface area is 112 Å². The molecule has 4 heteroatoms. The molecule has 2 heterocycles. The molecule has 3 N–H and O–H groups in total. The number of nitrogens with one attached hydrogen (secondary N) is 1. The summed E-state index contributed by atoms with van der Waals surface area (Å²) in [6.07, 6.45) is 5.62. The van der Waals surface area contributed by atoms with E-state index in [1.807, 2.05) is 12.3 Å². The first-order valence-corrected chi connectivity index (χ1v) is 7.14. The zero-order chi connectivity index (χ0) is 12.8. The number of aromatic nitrogens is 1. The third kappa shape index (κ3) is 3.31. The molecule has 0 aliphatic carbocycles. The number of nitrogens with zero attached hydrogens (tertiary/aromatic N) is 1. The normalized spacial score (nSPS) is 12.5. The van der Waals surface area contributed by atoms with Crippen molar-refractivity contribution in [3.8, 4) is 0 Å². The van der Waals surface area contributed by atoms with Crippen LogP contribution in [0.25, 0.3) is 0 Å². The number of thiophene rings is 1. The Morgan fingerprint density at radius 1 is 1.44 bits per heavy atom. The quantitative estimate of drug-likeness (QED) is 0.840. The minimum absolute atomic E-state index is 0.330. The average molecular weight is 261 g/mol. The maximum Gasteiger partial charge on any atom is 0.0457 e. The highest BCUT2D eigenvalue weighted by Gasteiger charge is 2.13. The van der Waals surface area contributed by atoms with Gasteiger partial charge in [-0.2, -0.15) is 0 Å². The number of hydrogen-bond donors (Lipinski definition) is 2. The lowest BCUT2D eigenvalue weighted by atomic mass is 10.0. The number of hydrogen-bond acceptors (Lipinski definition) is 4. The summed E-state index contributed by atoms with van der Waals surface area (Å²) in [7, 11) is 0. The van der Waals surface area contributed by atoms with Gasteiger partial charge in [0.25, 0.3) is 0 Å². The lowest BCUT2D eigenvalue weighted by Gasteiger charge is -2.18. The van der Waals surface area contributed by atoms with Gasteiger partial charge in [0, 0.05) is 29.0 Å². The Hall–Kier alpha value is -1.39. The molecule has 0 saturated carbocycles. The molecule has 0 saturated heterocycles. The molecular formula is C14H19N3S. The van der Waals surface area contributed by atoms with Gasteiger partial charge < -0.3 is 11.1 Å². The Bertz CT molecular complexity index is 468. The predicted molar refractivity (Wildman–Crippen MR) is 77.7 cm³/mol. The van der Waals surface area contributed by atoms with Crippen molar-refractivity contribution >= 4 is 17.0 Å². The average Bonchev–Trinajstić information content (AvgIpc) is 2.90. The van der Waals surface area contributed by atoms with Crippen LogP contribution in [0.15, 0.2) is 36.0 Å². The highest BCUT2D eigenvalue weighted by atomic mass is 32.1. The van der Waals surface area contributed by atoms with E-state index >= 15 is 0 Å². The fourth-order valence-corrected chi connectivity index (χ4v) is 2.71. The summed E-state index contributed by atoms with van der Waals surface area (Å²) < 4.78 is 0. The molecule has 0 spiro atoms. The largest absolute Gasteiger partial charge is 0.398 e. The third-order valence-corrected chi connectivity index (χ3v) is 3.88. The van der Waals surface area contributed by atoms with E-state index in [0.29, 0.717) is 6.04 Å². The molecule has 0 aromatic carbocycles. The molecule has 1 atom stereocenters. The molecule has 0 aliphatic rings. The van der Waals surface area contributed by atoms with E-state index in [0.717, 1.165) is 30.6 Å². The van der Waals surface area contributed by atoms with Gasteiger partial charge in [-0.3, -0.25) is 4.98 Å². The smallest absolute Gasteiger partial charge is 0.0457 e. The second-order valence-electron chi connectivity index (χ2n) is 4.30. The molecule has 18 heavy (non-hydrogen) atoms. The van der Waals surface area contributed by atoms with Crippen molar-refractivity contribution in [2.75, 3.05) is 12.3 Å². The summed E-state index contributed by atoms with van der Waals surface area (Å²) in [5, 5.41) is 5.69. The number of rotatable bonds is 6. The zero-order valence-corrected chi connectivity index (χ0v) is 11.4. The molecule has 96 valence electrons. The first-order valence-electron chi connectivity index (χ1n) is 6.26. The second kappa shape index (κ2) is 6.52. The molecule has 2 aromatic heterocycles. The molecule has 1 unspecified atom stereocenters. The van der Waals surface area contributed by atoms with E-state index in [2.05, 4.69) is 34.7 Å². The van der Waals surface area contributed by atoms with Crippen molar-refractivity contribution in [2.24, 2.45) is 0 Å². The lowest BCUT2D eigenvalue weighted by Crippen LogP contribution is -2.23. The van der Waals surface area contributed by atoms with Crippen LogP contribution >= 0.6 is 11.3 Å². The Balaban J connectivity index is 2.13. The summed E-state index contributed by atoms with van der Waals surface area (Å²) in [6, 6.07) is 6.45. The maximum absolute atomic E-state index is 5.99.